The molecule has 1 aliphatic heterocycles. The van der Waals surface area contributed by atoms with E-state index >= 15 is 0 Å². The zero-order chi connectivity index (χ0) is 14.7. The Labute approximate surface area is 118 Å². The van der Waals surface area contributed by atoms with Crippen LogP contribution in [0.25, 0.3) is 0 Å². The van der Waals surface area contributed by atoms with E-state index in [0.29, 0.717) is 11.8 Å². The third-order valence-corrected chi connectivity index (χ3v) is 3.52. The molecule has 1 fully saturated rings. The van der Waals surface area contributed by atoms with Gasteiger partial charge in [0.25, 0.3) is 0 Å². The van der Waals surface area contributed by atoms with Gasteiger partial charge in [-0.2, -0.15) is 0 Å². The van der Waals surface area contributed by atoms with Crippen LogP contribution in [0, 0.1) is 23.5 Å². The Balaban J connectivity index is 1.90. The maximum Gasteiger partial charge on any atom is 0.238 e. The summed E-state index contributed by atoms with van der Waals surface area (Å²) in [6.45, 7) is 6.44. The molecular formula is C15H20F2N2O. The van der Waals surface area contributed by atoms with Crippen molar-refractivity contribution in [1.29, 1.82) is 0 Å². The molecule has 110 valence electrons. The summed E-state index contributed by atoms with van der Waals surface area (Å²) in [4.78, 5) is 14.0. The second-order valence-corrected chi connectivity index (χ2v) is 5.82. The summed E-state index contributed by atoms with van der Waals surface area (Å²) < 4.78 is 25.9. The molecule has 20 heavy (non-hydrogen) atoms. The number of amides is 1. The van der Waals surface area contributed by atoms with E-state index in [-0.39, 0.29) is 18.1 Å². The standard InChI is InChI=1S/C15H20F2N2O/c1-10-5-11(2)8-19(7-10)9-15(20)18-12-3-4-13(16)14(17)6-12/h3-4,6,10-11H,5,7-9H2,1-2H3,(H,18,20). The quantitative estimate of drug-likeness (QED) is 0.924. The molecular weight excluding hydrogens is 262 g/mol. The Morgan fingerprint density at radius 1 is 1.25 bits per heavy atom. The lowest BCUT2D eigenvalue weighted by molar-refractivity contribution is -0.117. The predicted molar refractivity (Wildman–Crippen MR) is 74.4 cm³/mol. The van der Waals surface area contributed by atoms with Crippen molar-refractivity contribution in [3.05, 3.63) is 29.8 Å². The Hall–Kier alpha value is -1.49. The van der Waals surface area contributed by atoms with Crippen LogP contribution in [0.2, 0.25) is 0 Å². The number of hydrogen-bond donors (Lipinski definition) is 1. The first-order valence-electron chi connectivity index (χ1n) is 6.91. The van der Waals surface area contributed by atoms with Crippen molar-refractivity contribution in [1.82, 2.24) is 4.90 Å². The van der Waals surface area contributed by atoms with Gasteiger partial charge in [-0.15, -0.1) is 0 Å². The zero-order valence-electron chi connectivity index (χ0n) is 11.8. The lowest BCUT2D eigenvalue weighted by Crippen LogP contribution is -2.42. The van der Waals surface area contributed by atoms with E-state index in [1.807, 2.05) is 0 Å². The minimum atomic E-state index is -0.956. The zero-order valence-corrected chi connectivity index (χ0v) is 11.8. The molecule has 1 saturated heterocycles. The molecule has 0 radical (unpaired) electrons. The third kappa shape index (κ3) is 4.00. The van der Waals surface area contributed by atoms with E-state index in [1.165, 1.54) is 12.5 Å². The van der Waals surface area contributed by atoms with Gasteiger partial charge in [0.1, 0.15) is 0 Å². The van der Waals surface area contributed by atoms with Gasteiger partial charge in [-0.1, -0.05) is 13.8 Å². The topological polar surface area (TPSA) is 32.3 Å². The molecule has 2 atom stereocenters. The fourth-order valence-electron chi connectivity index (χ4n) is 2.90. The minimum Gasteiger partial charge on any atom is -0.325 e. The van der Waals surface area contributed by atoms with Crippen molar-refractivity contribution in [2.45, 2.75) is 20.3 Å². The summed E-state index contributed by atoms with van der Waals surface area (Å²) >= 11 is 0. The van der Waals surface area contributed by atoms with Crippen molar-refractivity contribution in [2.75, 3.05) is 25.0 Å². The summed E-state index contributed by atoms with van der Waals surface area (Å²) in [5, 5.41) is 2.60. The molecule has 2 unspecified atom stereocenters. The summed E-state index contributed by atoms with van der Waals surface area (Å²) in [7, 11) is 0. The Morgan fingerprint density at radius 2 is 1.90 bits per heavy atom. The number of carbonyl (C=O) groups excluding carboxylic acids is 1. The average molecular weight is 282 g/mol. The number of carbonyl (C=O) groups is 1. The van der Waals surface area contributed by atoms with Crippen molar-refractivity contribution < 1.29 is 13.6 Å². The summed E-state index contributed by atoms with van der Waals surface area (Å²) in [5.41, 5.74) is 0.284. The second kappa shape index (κ2) is 6.31. The monoisotopic (exact) mass is 282 g/mol. The number of nitrogens with zero attached hydrogens (tertiary/aromatic N) is 1. The molecule has 1 amide bonds. The number of piperidine rings is 1. The summed E-state index contributed by atoms with van der Waals surface area (Å²) in [6.07, 6.45) is 1.18. The van der Waals surface area contributed by atoms with Gasteiger partial charge in [0, 0.05) is 24.8 Å². The highest BCUT2D eigenvalue weighted by Crippen LogP contribution is 2.20. The Morgan fingerprint density at radius 3 is 2.50 bits per heavy atom. The highest BCUT2D eigenvalue weighted by molar-refractivity contribution is 5.92. The van der Waals surface area contributed by atoms with E-state index < -0.39 is 11.6 Å². The van der Waals surface area contributed by atoms with Gasteiger partial charge in [-0.3, -0.25) is 9.69 Å². The molecule has 5 heteroatoms. The lowest BCUT2D eigenvalue weighted by Gasteiger charge is -2.34. The average Bonchev–Trinajstić information content (AvgIpc) is 2.32. The molecule has 1 N–H and O–H groups in total. The first-order valence-corrected chi connectivity index (χ1v) is 6.91. The highest BCUT2D eigenvalue weighted by Gasteiger charge is 2.23. The first kappa shape index (κ1) is 14.9. The summed E-state index contributed by atoms with van der Waals surface area (Å²) in [5.74, 6) is -0.911. The molecule has 0 aromatic heterocycles. The SMILES string of the molecule is CC1CC(C)CN(CC(=O)Nc2ccc(F)c(F)c2)C1. The predicted octanol–water partition coefficient (Wildman–Crippen LogP) is 2.88. The number of nitrogens with one attached hydrogen (secondary N) is 1. The third-order valence-electron chi connectivity index (χ3n) is 3.52. The van der Waals surface area contributed by atoms with E-state index in [0.717, 1.165) is 25.2 Å². The van der Waals surface area contributed by atoms with E-state index in [9.17, 15) is 13.6 Å². The number of rotatable bonds is 3. The fraction of sp³-hybridized carbons (Fsp3) is 0.533. The van der Waals surface area contributed by atoms with Crippen LogP contribution in [-0.2, 0) is 4.79 Å². The van der Waals surface area contributed by atoms with Crippen LogP contribution >= 0.6 is 0 Å². The maximum atomic E-state index is 13.1. The second-order valence-electron chi connectivity index (χ2n) is 5.82. The highest BCUT2D eigenvalue weighted by atomic mass is 19.2. The Bertz CT molecular complexity index is 483. The lowest BCUT2D eigenvalue weighted by atomic mass is 9.92. The van der Waals surface area contributed by atoms with Crippen LogP contribution < -0.4 is 5.32 Å². The molecule has 2 rings (SSSR count). The molecule has 0 saturated carbocycles. The summed E-state index contributed by atoms with van der Waals surface area (Å²) in [6, 6.07) is 3.36. The van der Waals surface area contributed by atoms with Crippen molar-refractivity contribution in [2.24, 2.45) is 11.8 Å². The fourth-order valence-corrected chi connectivity index (χ4v) is 2.90. The van der Waals surface area contributed by atoms with Crippen LogP contribution in [0.15, 0.2) is 18.2 Å². The number of likely N-dealkylation sites (tertiary alicyclic amines) is 1. The molecule has 1 heterocycles. The molecule has 0 bridgehead atoms. The molecule has 1 aliphatic rings. The van der Waals surface area contributed by atoms with Crippen molar-refractivity contribution in [3.63, 3.8) is 0 Å². The van der Waals surface area contributed by atoms with Crippen molar-refractivity contribution in [3.8, 4) is 0 Å². The smallest absolute Gasteiger partial charge is 0.238 e. The van der Waals surface area contributed by atoms with E-state index in [2.05, 4.69) is 24.1 Å². The number of benzene rings is 1. The van der Waals surface area contributed by atoms with Gasteiger partial charge < -0.3 is 5.32 Å². The van der Waals surface area contributed by atoms with Gasteiger partial charge in [-0.25, -0.2) is 8.78 Å². The van der Waals surface area contributed by atoms with Gasteiger partial charge >= 0.3 is 0 Å². The van der Waals surface area contributed by atoms with Crippen LogP contribution in [0.3, 0.4) is 0 Å². The number of halogens is 2. The van der Waals surface area contributed by atoms with Gasteiger partial charge in [0.05, 0.1) is 6.54 Å². The number of hydrogen-bond acceptors (Lipinski definition) is 2. The largest absolute Gasteiger partial charge is 0.325 e. The maximum absolute atomic E-state index is 13.1. The Kier molecular flexibility index (Phi) is 4.70. The van der Waals surface area contributed by atoms with Gasteiger partial charge in [-0.05, 0) is 30.4 Å². The number of anilines is 1. The van der Waals surface area contributed by atoms with Gasteiger partial charge in [0.2, 0.25) is 5.91 Å². The van der Waals surface area contributed by atoms with Crippen LogP contribution in [-0.4, -0.2) is 30.4 Å². The van der Waals surface area contributed by atoms with Crippen LogP contribution in [0.1, 0.15) is 20.3 Å². The minimum absolute atomic E-state index is 0.197. The van der Waals surface area contributed by atoms with Crippen molar-refractivity contribution >= 4 is 11.6 Å². The molecule has 0 aliphatic carbocycles. The first-order chi connectivity index (χ1) is 9.44. The van der Waals surface area contributed by atoms with Crippen LogP contribution in [0.5, 0.6) is 0 Å². The molecule has 3 nitrogen and oxygen atoms in total. The van der Waals surface area contributed by atoms with E-state index in [1.54, 1.807) is 0 Å². The molecule has 0 spiro atoms. The van der Waals surface area contributed by atoms with E-state index in [4.69, 9.17) is 0 Å². The normalized spacial score (nSPS) is 23.6. The molecule has 1 aromatic carbocycles. The van der Waals surface area contributed by atoms with Crippen LogP contribution in [0.4, 0.5) is 14.5 Å². The molecule has 1 aromatic rings. The van der Waals surface area contributed by atoms with Gasteiger partial charge in [0.15, 0.2) is 11.6 Å².